The standard InChI is InChI=1S/C32H65O6P/c33-32(34)30-28-26-24-22-20-18-16-14-12-10-8-6-4-2-1-3-5-7-9-11-13-15-17-19-21-23-25-27-29-31-38-39(35,36)37/h1-31H2,(H,33,34)(H2,35,36,37). The van der Waals surface area contributed by atoms with Crippen LogP contribution < -0.4 is 0 Å². The Kier molecular flexibility index (Phi) is 30.2. The van der Waals surface area contributed by atoms with E-state index in [2.05, 4.69) is 4.52 Å². The van der Waals surface area contributed by atoms with E-state index in [0.717, 1.165) is 32.1 Å². The number of phosphoric acid groups is 1. The Balaban J connectivity index is 3.06. The van der Waals surface area contributed by atoms with Crippen LogP contribution in [0.1, 0.15) is 193 Å². The van der Waals surface area contributed by atoms with E-state index in [4.69, 9.17) is 14.9 Å². The molecule has 0 unspecified atom stereocenters. The quantitative estimate of drug-likeness (QED) is 0.0530. The summed E-state index contributed by atoms with van der Waals surface area (Å²) < 4.78 is 15.0. The Morgan fingerprint density at radius 1 is 0.410 bits per heavy atom. The van der Waals surface area contributed by atoms with Crippen LogP contribution in [0.5, 0.6) is 0 Å². The van der Waals surface area contributed by atoms with Crippen molar-refractivity contribution in [3.63, 3.8) is 0 Å². The summed E-state index contributed by atoms with van der Waals surface area (Å²) in [6.45, 7) is 0.162. The molecule has 0 fully saturated rings. The van der Waals surface area contributed by atoms with Gasteiger partial charge in [-0.3, -0.25) is 9.32 Å². The van der Waals surface area contributed by atoms with E-state index in [0.29, 0.717) is 6.42 Å². The topological polar surface area (TPSA) is 104 Å². The minimum Gasteiger partial charge on any atom is -0.481 e. The summed E-state index contributed by atoms with van der Waals surface area (Å²) in [7, 11) is -4.28. The molecule has 0 amide bonds. The second-order valence-electron chi connectivity index (χ2n) is 11.7. The molecule has 0 radical (unpaired) electrons. The third-order valence-electron chi connectivity index (χ3n) is 7.79. The Labute approximate surface area is 241 Å². The number of hydrogen-bond acceptors (Lipinski definition) is 3. The molecule has 0 aliphatic heterocycles. The number of carboxylic acid groups (broad SMARTS) is 1. The van der Waals surface area contributed by atoms with Gasteiger partial charge in [-0.25, -0.2) is 4.57 Å². The maximum absolute atomic E-state index is 10.6. The number of rotatable bonds is 33. The summed E-state index contributed by atoms with van der Waals surface area (Å²) >= 11 is 0. The molecule has 0 saturated carbocycles. The first-order chi connectivity index (χ1) is 18.9. The molecule has 3 N–H and O–H groups in total. The van der Waals surface area contributed by atoms with Gasteiger partial charge in [0.1, 0.15) is 0 Å². The molecule has 0 aliphatic rings. The molecule has 7 heteroatoms. The zero-order valence-electron chi connectivity index (χ0n) is 25.4. The Hall–Kier alpha value is -0.420. The third-order valence-corrected chi connectivity index (χ3v) is 8.31. The molecule has 39 heavy (non-hydrogen) atoms. The van der Waals surface area contributed by atoms with Crippen molar-refractivity contribution >= 4 is 13.8 Å². The summed E-state index contributed by atoms with van der Waals surface area (Å²) in [6.07, 6.45) is 37.9. The SMILES string of the molecule is O=C(O)CCCCCCCCCCCCCCCCCCCCCCCCCCCCCCCOP(=O)(O)O. The van der Waals surface area contributed by atoms with Gasteiger partial charge in [0.05, 0.1) is 6.61 Å². The maximum Gasteiger partial charge on any atom is 0.469 e. The molecule has 234 valence electrons. The molecule has 6 nitrogen and oxygen atoms in total. The predicted molar refractivity (Wildman–Crippen MR) is 164 cm³/mol. The van der Waals surface area contributed by atoms with E-state index >= 15 is 0 Å². The van der Waals surface area contributed by atoms with Crippen LogP contribution in [0.25, 0.3) is 0 Å². The highest BCUT2D eigenvalue weighted by Crippen LogP contribution is 2.35. The normalized spacial score (nSPS) is 11.8. The molecular formula is C32H65O6P. The van der Waals surface area contributed by atoms with Crippen molar-refractivity contribution in [3.05, 3.63) is 0 Å². The first-order valence-electron chi connectivity index (χ1n) is 16.8. The molecule has 0 bridgehead atoms. The van der Waals surface area contributed by atoms with Gasteiger partial charge in [-0.2, -0.15) is 0 Å². The zero-order valence-corrected chi connectivity index (χ0v) is 26.3. The number of hydrogen-bond donors (Lipinski definition) is 3. The number of phosphoric ester groups is 1. The van der Waals surface area contributed by atoms with Crippen LogP contribution in [-0.4, -0.2) is 27.5 Å². The lowest BCUT2D eigenvalue weighted by Gasteiger charge is -2.05. The van der Waals surface area contributed by atoms with E-state index < -0.39 is 13.8 Å². The molecule has 0 heterocycles. The molecule has 0 aliphatic carbocycles. The van der Waals surface area contributed by atoms with Gasteiger partial charge in [0.15, 0.2) is 0 Å². The van der Waals surface area contributed by atoms with Gasteiger partial charge in [-0.05, 0) is 12.8 Å². The summed E-state index contributed by atoms with van der Waals surface area (Å²) in [5.74, 6) is -0.660. The largest absolute Gasteiger partial charge is 0.481 e. The van der Waals surface area contributed by atoms with Crippen LogP contribution in [0.2, 0.25) is 0 Å². The van der Waals surface area contributed by atoms with Gasteiger partial charge in [0.2, 0.25) is 0 Å². The number of carboxylic acids is 1. The average molecular weight is 577 g/mol. The molecule has 0 saturated heterocycles. The first-order valence-corrected chi connectivity index (χ1v) is 18.4. The molecule has 0 aromatic carbocycles. The number of aliphatic carboxylic acids is 1. The van der Waals surface area contributed by atoms with Crippen molar-refractivity contribution in [2.45, 2.75) is 193 Å². The van der Waals surface area contributed by atoms with Gasteiger partial charge < -0.3 is 14.9 Å². The summed E-state index contributed by atoms with van der Waals surface area (Å²) in [4.78, 5) is 27.7. The lowest BCUT2D eigenvalue weighted by Crippen LogP contribution is -1.93. The van der Waals surface area contributed by atoms with Crippen LogP contribution in [-0.2, 0) is 13.9 Å². The van der Waals surface area contributed by atoms with E-state index in [1.807, 2.05) is 0 Å². The lowest BCUT2D eigenvalue weighted by atomic mass is 10.0. The minimum atomic E-state index is -4.28. The highest BCUT2D eigenvalue weighted by molar-refractivity contribution is 7.46. The second-order valence-corrected chi connectivity index (χ2v) is 13.0. The summed E-state index contributed by atoms with van der Waals surface area (Å²) in [6, 6.07) is 0. The van der Waals surface area contributed by atoms with Crippen molar-refractivity contribution in [1.82, 2.24) is 0 Å². The average Bonchev–Trinajstić information content (AvgIpc) is 2.88. The molecule has 0 aromatic rings. The first kappa shape index (κ1) is 38.6. The predicted octanol–water partition coefficient (Wildman–Crippen LogP) is 10.9. The third kappa shape index (κ3) is 37.6. The minimum absolute atomic E-state index is 0.162. The van der Waals surface area contributed by atoms with Crippen LogP contribution in [0.15, 0.2) is 0 Å². The van der Waals surface area contributed by atoms with Crippen molar-refractivity contribution in [2.24, 2.45) is 0 Å². The molecule has 0 aromatic heterocycles. The number of carbonyl (C=O) groups is 1. The molecule has 0 rings (SSSR count). The summed E-state index contributed by atoms with van der Waals surface area (Å²) in [5, 5.41) is 8.62. The summed E-state index contributed by atoms with van der Waals surface area (Å²) in [5.41, 5.74) is 0. The van der Waals surface area contributed by atoms with Crippen molar-refractivity contribution < 1.29 is 28.8 Å². The lowest BCUT2D eigenvalue weighted by molar-refractivity contribution is -0.137. The Morgan fingerprint density at radius 3 is 0.821 bits per heavy atom. The Bertz CT molecular complexity index is 551. The van der Waals surface area contributed by atoms with Gasteiger partial charge in [0, 0.05) is 6.42 Å². The van der Waals surface area contributed by atoms with E-state index in [9.17, 15) is 9.36 Å². The fourth-order valence-corrected chi connectivity index (χ4v) is 5.70. The van der Waals surface area contributed by atoms with E-state index in [-0.39, 0.29) is 6.61 Å². The van der Waals surface area contributed by atoms with Crippen LogP contribution in [0.3, 0.4) is 0 Å². The van der Waals surface area contributed by atoms with Gasteiger partial charge in [0.25, 0.3) is 0 Å². The van der Waals surface area contributed by atoms with Crippen LogP contribution in [0, 0.1) is 0 Å². The van der Waals surface area contributed by atoms with Crippen LogP contribution >= 0.6 is 7.82 Å². The van der Waals surface area contributed by atoms with Crippen molar-refractivity contribution in [1.29, 1.82) is 0 Å². The van der Waals surface area contributed by atoms with Gasteiger partial charge in [-0.15, -0.1) is 0 Å². The maximum atomic E-state index is 10.6. The highest BCUT2D eigenvalue weighted by Gasteiger charge is 2.12. The second kappa shape index (κ2) is 30.5. The zero-order chi connectivity index (χ0) is 28.7. The smallest absolute Gasteiger partial charge is 0.469 e. The van der Waals surface area contributed by atoms with Crippen LogP contribution in [0.4, 0.5) is 0 Å². The molecular weight excluding hydrogens is 511 g/mol. The fraction of sp³-hybridized carbons (Fsp3) is 0.969. The Morgan fingerprint density at radius 2 is 0.615 bits per heavy atom. The van der Waals surface area contributed by atoms with E-state index in [1.54, 1.807) is 0 Å². The number of unbranched alkanes of at least 4 members (excludes halogenated alkanes) is 28. The highest BCUT2D eigenvalue weighted by atomic mass is 31.2. The van der Waals surface area contributed by atoms with Gasteiger partial charge in [-0.1, -0.05) is 173 Å². The molecule has 0 atom stereocenters. The monoisotopic (exact) mass is 576 g/mol. The van der Waals surface area contributed by atoms with Crippen molar-refractivity contribution in [2.75, 3.05) is 6.61 Å². The van der Waals surface area contributed by atoms with Gasteiger partial charge >= 0.3 is 13.8 Å². The molecule has 0 spiro atoms. The fourth-order valence-electron chi connectivity index (χ4n) is 5.33. The van der Waals surface area contributed by atoms with Crippen molar-refractivity contribution in [3.8, 4) is 0 Å². The van der Waals surface area contributed by atoms with E-state index in [1.165, 1.54) is 154 Å².